The van der Waals surface area contributed by atoms with E-state index in [1.54, 1.807) is 30.3 Å². The minimum atomic E-state index is -1.70. The van der Waals surface area contributed by atoms with Crippen molar-refractivity contribution in [2.75, 3.05) is 11.9 Å². The zero-order valence-electron chi connectivity index (χ0n) is 14.1. The largest absolute Gasteiger partial charge is 0.451 e. The van der Waals surface area contributed by atoms with Crippen LogP contribution in [-0.2, 0) is 4.79 Å². The van der Waals surface area contributed by atoms with Crippen LogP contribution >= 0.6 is 11.6 Å². The molecule has 0 fully saturated rings. The summed E-state index contributed by atoms with van der Waals surface area (Å²) in [5.41, 5.74) is 0.0481. The van der Waals surface area contributed by atoms with Crippen LogP contribution in [0.25, 0.3) is 11.3 Å². The summed E-state index contributed by atoms with van der Waals surface area (Å²) < 4.78 is 45.0. The molecular formula is C19H12ClF3N2O3. The van der Waals surface area contributed by atoms with Crippen molar-refractivity contribution in [3.63, 3.8) is 0 Å². The molecule has 0 radical (unpaired) electrons. The molecule has 5 nitrogen and oxygen atoms in total. The normalized spacial score (nSPS) is 10.6. The number of anilines is 1. The average Bonchev–Trinajstić information content (AvgIpc) is 3.17. The summed E-state index contributed by atoms with van der Waals surface area (Å²) in [7, 11) is 0. The summed E-state index contributed by atoms with van der Waals surface area (Å²) >= 11 is 6.07. The molecule has 0 saturated heterocycles. The highest BCUT2D eigenvalue weighted by Gasteiger charge is 2.17. The zero-order valence-corrected chi connectivity index (χ0v) is 14.8. The molecule has 28 heavy (non-hydrogen) atoms. The van der Waals surface area contributed by atoms with Crippen molar-refractivity contribution >= 4 is 29.1 Å². The van der Waals surface area contributed by atoms with Crippen LogP contribution in [0.1, 0.15) is 10.6 Å². The van der Waals surface area contributed by atoms with Crippen molar-refractivity contribution in [3.8, 4) is 11.3 Å². The lowest BCUT2D eigenvalue weighted by Gasteiger charge is -2.08. The Morgan fingerprint density at radius 2 is 1.71 bits per heavy atom. The first-order valence-electron chi connectivity index (χ1n) is 7.93. The van der Waals surface area contributed by atoms with Crippen LogP contribution in [0.3, 0.4) is 0 Å². The van der Waals surface area contributed by atoms with Crippen LogP contribution in [0.5, 0.6) is 0 Å². The third-order valence-corrected chi connectivity index (χ3v) is 4.02. The second-order valence-corrected chi connectivity index (χ2v) is 6.00. The van der Waals surface area contributed by atoms with Crippen LogP contribution < -0.4 is 10.6 Å². The van der Waals surface area contributed by atoms with Crippen LogP contribution in [0.4, 0.5) is 18.9 Å². The molecule has 2 N–H and O–H groups in total. The molecule has 0 aliphatic heterocycles. The Hall–Kier alpha value is -3.26. The van der Waals surface area contributed by atoms with Gasteiger partial charge in [-0.25, -0.2) is 13.2 Å². The van der Waals surface area contributed by atoms with Crippen LogP contribution in [0.2, 0.25) is 5.02 Å². The number of hydrogen-bond donors (Lipinski definition) is 2. The fraction of sp³-hybridized carbons (Fsp3) is 0.0526. The van der Waals surface area contributed by atoms with Crippen LogP contribution in [0, 0.1) is 17.5 Å². The van der Waals surface area contributed by atoms with Gasteiger partial charge in [-0.3, -0.25) is 9.59 Å². The summed E-state index contributed by atoms with van der Waals surface area (Å²) in [6.45, 7) is -0.542. The molecule has 3 rings (SSSR count). The number of benzene rings is 2. The van der Waals surface area contributed by atoms with E-state index >= 15 is 0 Å². The predicted molar refractivity (Wildman–Crippen MR) is 96.4 cm³/mol. The van der Waals surface area contributed by atoms with E-state index in [1.807, 2.05) is 5.32 Å². The van der Waals surface area contributed by atoms with Gasteiger partial charge in [-0.1, -0.05) is 23.7 Å². The van der Waals surface area contributed by atoms with Crippen molar-refractivity contribution in [1.82, 2.24) is 5.32 Å². The summed E-state index contributed by atoms with van der Waals surface area (Å²) in [5, 5.41) is 4.76. The summed E-state index contributed by atoms with van der Waals surface area (Å²) in [5.74, 6) is -5.85. The molecular weight excluding hydrogens is 397 g/mol. The molecule has 9 heteroatoms. The number of amides is 2. The number of rotatable bonds is 5. The molecule has 0 aliphatic rings. The standard InChI is InChI=1S/C19H12ClF3N2O3/c20-11-4-2-1-3-10(11)14-7-8-15(28-14)19(27)24-9-16(26)25-13-6-5-12(21)17(22)18(13)23/h1-8H,9H2,(H,24,27)(H,25,26). The number of nitrogens with one attached hydrogen (secondary N) is 2. The summed E-state index contributed by atoms with van der Waals surface area (Å²) in [6, 6.07) is 11.4. The lowest BCUT2D eigenvalue weighted by molar-refractivity contribution is -0.115. The first-order chi connectivity index (χ1) is 13.4. The van der Waals surface area contributed by atoms with Crippen LogP contribution in [0.15, 0.2) is 52.9 Å². The first kappa shape index (κ1) is 19.5. The molecule has 2 aromatic carbocycles. The number of carbonyl (C=O) groups excluding carboxylic acids is 2. The maximum Gasteiger partial charge on any atom is 0.287 e. The smallest absolute Gasteiger partial charge is 0.287 e. The Morgan fingerprint density at radius 1 is 0.964 bits per heavy atom. The number of furan rings is 1. The Morgan fingerprint density at radius 3 is 2.46 bits per heavy atom. The molecule has 0 atom stereocenters. The SMILES string of the molecule is O=C(CNC(=O)c1ccc(-c2ccccc2Cl)o1)Nc1ccc(F)c(F)c1F. The number of hydrogen-bond acceptors (Lipinski definition) is 3. The van der Waals surface area contributed by atoms with Gasteiger partial charge in [0.1, 0.15) is 5.76 Å². The van der Waals surface area contributed by atoms with Crippen molar-refractivity contribution in [1.29, 1.82) is 0 Å². The fourth-order valence-electron chi connectivity index (χ4n) is 2.33. The Bertz CT molecular complexity index is 1050. The highest BCUT2D eigenvalue weighted by atomic mass is 35.5. The fourth-order valence-corrected chi connectivity index (χ4v) is 2.56. The molecule has 0 aliphatic carbocycles. The topological polar surface area (TPSA) is 71.3 Å². The molecule has 0 bridgehead atoms. The average molecular weight is 409 g/mol. The van der Waals surface area contributed by atoms with Crippen molar-refractivity contribution in [2.24, 2.45) is 0 Å². The number of halogens is 4. The molecule has 0 unspecified atom stereocenters. The maximum absolute atomic E-state index is 13.5. The maximum atomic E-state index is 13.5. The molecule has 2 amide bonds. The van der Waals surface area contributed by atoms with Gasteiger partial charge >= 0.3 is 0 Å². The minimum Gasteiger partial charge on any atom is -0.451 e. The van der Waals surface area contributed by atoms with Crippen molar-refractivity contribution in [2.45, 2.75) is 0 Å². The molecule has 1 heterocycles. The van der Waals surface area contributed by atoms with Gasteiger partial charge in [0.25, 0.3) is 5.91 Å². The molecule has 0 saturated carbocycles. The van der Waals surface area contributed by atoms with E-state index in [9.17, 15) is 22.8 Å². The molecule has 0 spiro atoms. The van der Waals surface area contributed by atoms with Crippen molar-refractivity contribution in [3.05, 3.63) is 76.8 Å². The van der Waals surface area contributed by atoms with Gasteiger partial charge in [0.05, 0.1) is 17.3 Å². The lowest BCUT2D eigenvalue weighted by Crippen LogP contribution is -2.32. The third kappa shape index (κ3) is 4.17. The lowest BCUT2D eigenvalue weighted by atomic mass is 10.2. The quantitative estimate of drug-likeness (QED) is 0.615. The molecule has 1 aromatic heterocycles. The van der Waals surface area contributed by atoms with E-state index in [1.165, 1.54) is 6.07 Å². The summed E-state index contributed by atoms with van der Waals surface area (Å²) in [6.07, 6.45) is 0. The second kappa shape index (κ2) is 8.18. The Labute approximate surface area is 162 Å². The zero-order chi connectivity index (χ0) is 20.3. The van der Waals surface area contributed by atoms with Gasteiger partial charge < -0.3 is 15.1 Å². The minimum absolute atomic E-state index is 0.0678. The molecule has 3 aromatic rings. The van der Waals surface area contributed by atoms with Crippen LogP contribution in [-0.4, -0.2) is 18.4 Å². The van der Waals surface area contributed by atoms with E-state index in [0.717, 1.165) is 6.07 Å². The van der Waals surface area contributed by atoms with Gasteiger partial charge in [-0.05, 0) is 36.4 Å². The van der Waals surface area contributed by atoms with Gasteiger partial charge in [-0.2, -0.15) is 0 Å². The highest BCUT2D eigenvalue weighted by Crippen LogP contribution is 2.29. The van der Waals surface area contributed by atoms with E-state index < -0.39 is 41.5 Å². The van der Waals surface area contributed by atoms with E-state index in [2.05, 4.69) is 5.32 Å². The predicted octanol–water partition coefficient (Wildman–Crippen LogP) is 4.39. The third-order valence-electron chi connectivity index (χ3n) is 3.69. The van der Waals surface area contributed by atoms with Gasteiger partial charge in [-0.15, -0.1) is 0 Å². The summed E-state index contributed by atoms with van der Waals surface area (Å²) in [4.78, 5) is 23.9. The molecule has 144 valence electrons. The Balaban J connectivity index is 1.61. The Kier molecular flexibility index (Phi) is 5.70. The van der Waals surface area contributed by atoms with E-state index in [4.69, 9.17) is 16.0 Å². The van der Waals surface area contributed by atoms with Crippen molar-refractivity contribution < 1.29 is 27.2 Å². The van der Waals surface area contributed by atoms with Gasteiger partial charge in [0.2, 0.25) is 5.91 Å². The van der Waals surface area contributed by atoms with E-state index in [-0.39, 0.29) is 5.76 Å². The van der Waals surface area contributed by atoms with Gasteiger partial charge in [0, 0.05) is 5.56 Å². The van der Waals surface area contributed by atoms with Gasteiger partial charge in [0.15, 0.2) is 23.2 Å². The number of carbonyl (C=O) groups is 2. The first-order valence-corrected chi connectivity index (χ1v) is 8.31. The second-order valence-electron chi connectivity index (χ2n) is 5.60. The van der Waals surface area contributed by atoms with E-state index in [0.29, 0.717) is 22.4 Å². The highest BCUT2D eigenvalue weighted by molar-refractivity contribution is 6.33. The monoisotopic (exact) mass is 408 g/mol.